The van der Waals surface area contributed by atoms with Crippen LogP contribution in [0.2, 0.25) is 0 Å². The predicted molar refractivity (Wildman–Crippen MR) is 149 cm³/mol. The fourth-order valence-corrected chi connectivity index (χ4v) is 7.38. The molecule has 14 heteroatoms. The largest absolute Gasteiger partial charge is 0.497 e. The number of amides is 3. The van der Waals surface area contributed by atoms with Gasteiger partial charge in [-0.05, 0) is 48.9 Å². The molecule has 214 valence electrons. The van der Waals surface area contributed by atoms with E-state index in [9.17, 15) is 29.1 Å². The molecule has 1 aromatic heterocycles. The molecule has 0 radical (unpaired) electrons. The summed E-state index contributed by atoms with van der Waals surface area (Å²) >= 11 is 2.00. The number of carbonyl (C=O) groups is 4. The van der Waals surface area contributed by atoms with E-state index in [0.717, 1.165) is 28.0 Å². The third-order valence-corrected chi connectivity index (χ3v) is 8.97. The number of likely N-dealkylation sites (tertiary alicyclic amines) is 1. The van der Waals surface area contributed by atoms with Crippen molar-refractivity contribution in [3.63, 3.8) is 0 Å². The van der Waals surface area contributed by atoms with E-state index in [0.29, 0.717) is 32.7 Å². The van der Waals surface area contributed by atoms with Crippen LogP contribution in [-0.2, 0) is 19.2 Å². The molecular weight excluding hydrogens is 574 g/mol. The Morgan fingerprint density at radius 3 is 2.49 bits per heavy atom. The molecule has 3 heterocycles. The summed E-state index contributed by atoms with van der Waals surface area (Å²) in [6.07, 6.45) is 0. The first-order valence-electron chi connectivity index (χ1n) is 12.5. The third-order valence-electron chi connectivity index (χ3n) is 6.57. The van der Waals surface area contributed by atoms with Gasteiger partial charge in [-0.1, -0.05) is 29.2 Å². The minimum atomic E-state index is -1.30. The number of carboxylic acid groups (broad SMARTS) is 1. The standard InChI is InChI=1S/C27H25N3O9S2/c1-3-38-17-10-13(4-9-16(17)39-12-18(31)28-14-5-7-15(37-2)8-6-14)20-21-23(40-24-22(20)41-27(36)29-24)26(35)30(25(21)34)11-19(32)33/h4-10,20-21,23H,3,11-12H2,1-2H3,(H,28,31)(H,29,36)(H,32,33)/t20-,21?,23?/m0/s1. The Balaban J connectivity index is 1.41. The van der Waals surface area contributed by atoms with E-state index in [-0.39, 0.29) is 23.8 Å². The average molecular weight is 600 g/mol. The normalized spacial score (nSPS) is 19.4. The van der Waals surface area contributed by atoms with Gasteiger partial charge in [-0.15, -0.1) is 0 Å². The molecule has 2 unspecified atom stereocenters. The summed E-state index contributed by atoms with van der Waals surface area (Å²) in [6, 6.07) is 11.8. The highest BCUT2D eigenvalue weighted by Crippen LogP contribution is 2.53. The lowest BCUT2D eigenvalue weighted by molar-refractivity contribution is -0.149. The highest BCUT2D eigenvalue weighted by Gasteiger charge is 2.56. The van der Waals surface area contributed by atoms with E-state index in [1.807, 2.05) is 0 Å². The molecule has 0 bridgehead atoms. The van der Waals surface area contributed by atoms with Crippen LogP contribution in [0.5, 0.6) is 17.2 Å². The van der Waals surface area contributed by atoms with Crippen LogP contribution in [0.1, 0.15) is 23.3 Å². The number of carbonyl (C=O) groups excluding carboxylic acids is 3. The fourth-order valence-electron chi connectivity index (χ4n) is 4.84. The maximum Gasteiger partial charge on any atom is 0.323 e. The molecule has 3 aromatic rings. The number of hydrogen-bond donors (Lipinski definition) is 3. The Morgan fingerprint density at radius 1 is 1.05 bits per heavy atom. The van der Waals surface area contributed by atoms with E-state index in [2.05, 4.69) is 10.3 Å². The van der Waals surface area contributed by atoms with E-state index in [1.165, 1.54) is 0 Å². The van der Waals surface area contributed by atoms with Gasteiger partial charge in [0.2, 0.25) is 11.8 Å². The molecule has 1 fully saturated rings. The molecule has 2 aliphatic heterocycles. The molecule has 3 amide bonds. The van der Waals surface area contributed by atoms with Gasteiger partial charge in [-0.2, -0.15) is 0 Å². The lowest BCUT2D eigenvalue weighted by Crippen LogP contribution is -2.36. The number of fused-ring (bicyclic) bond motifs is 2. The van der Waals surface area contributed by atoms with E-state index < -0.39 is 47.3 Å². The van der Waals surface area contributed by atoms with Crippen molar-refractivity contribution in [2.45, 2.75) is 23.1 Å². The molecule has 5 rings (SSSR count). The summed E-state index contributed by atoms with van der Waals surface area (Å²) in [5.74, 6) is -3.30. The van der Waals surface area contributed by atoms with Crippen molar-refractivity contribution in [3.8, 4) is 17.2 Å². The van der Waals surface area contributed by atoms with Crippen LogP contribution in [0, 0.1) is 5.92 Å². The topological polar surface area (TPSA) is 164 Å². The predicted octanol–water partition coefficient (Wildman–Crippen LogP) is 2.54. The van der Waals surface area contributed by atoms with Gasteiger partial charge in [0.05, 0.1) is 24.7 Å². The number of thiazole rings is 1. The first-order valence-corrected chi connectivity index (χ1v) is 14.2. The van der Waals surface area contributed by atoms with Gasteiger partial charge in [-0.3, -0.25) is 28.9 Å². The zero-order valence-corrected chi connectivity index (χ0v) is 23.5. The Labute approximate surface area is 241 Å². The molecule has 0 aliphatic carbocycles. The number of nitrogens with zero attached hydrogens (tertiary/aromatic N) is 1. The van der Waals surface area contributed by atoms with Gasteiger partial charge >= 0.3 is 10.8 Å². The van der Waals surface area contributed by atoms with Gasteiger partial charge in [-0.25, -0.2) is 0 Å². The molecule has 2 aliphatic rings. The summed E-state index contributed by atoms with van der Waals surface area (Å²) < 4.78 is 16.7. The molecule has 1 saturated heterocycles. The maximum absolute atomic E-state index is 13.4. The first kappa shape index (κ1) is 28.2. The molecule has 2 aromatic carbocycles. The third kappa shape index (κ3) is 5.65. The first-order chi connectivity index (χ1) is 19.7. The number of methoxy groups -OCH3 is 1. The maximum atomic E-state index is 13.4. The zero-order valence-electron chi connectivity index (χ0n) is 21.9. The number of aliphatic carboxylic acids is 1. The van der Waals surface area contributed by atoms with Crippen molar-refractivity contribution in [3.05, 3.63) is 62.6 Å². The monoisotopic (exact) mass is 599 g/mol. The fraction of sp³-hybridized carbons (Fsp3) is 0.296. The number of H-pyrrole nitrogens is 1. The number of nitrogens with one attached hydrogen (secondary N) is 2. The second kappa shape index (κ2) is 11.7. The number of aromatic amines is 1. The van der Waals surface area contributed by atoms with Gasteiger partial charge in [0.25, 0.3) is 5.91 Å². The second-order valence-electron chi connectivity index (χ2n) is 9.11. The van der Waals surface area contributed by atoms with Crippen LogP contribution in [0.15, 0.2) is 52.3 Å². The highest BCUT2D eigenvalue weighted by molar-refractivity contribution is 8.00. The Bertz CT molecular complexity index is 1570. The number of thioether (sulfide) groups is 1. The van der Waals surface area contributed by atoms with Crippen molar-refractivity contribution in [2.24, 2.45) is 5.92 Å². The van der Waals surface area contributed by atoms with Crippen molar-refractivity contribution >= 4 is 52.5 Å². The zero-order chi connectivity index (χ0) is 29.3. The quantitative estimate of drug-likeness (QED) is 0.295. The summed E-state index contributed by atoms with van der Waals surface area (Å²) in [4.78, 5) is 66.3. The lowest BCUT2D eigenvalue weighted by atomic mass is 9.83. The Morgan fingerprint density at radius 2 is 1.80 bits per heavy atom. The number of benzene rings is 2. The van der Waals surface area contributed by atoms with Crippen molar-refractivity contribution in [1.82, 2.24) is 9.88 Å². The van der Waals surface area contributed by atoms with Crippen LogP contribution in [0.4, 0.5) is 5.69 Å². The van der Waals surface area contributed by atoms with Crippen LogP contribution in [-0.4, -0.2) is 70.8 Å². The van der Waals surface area contributed by atoms with Crippen molar-refractivity contribution < 1.29 is 38.5 Å². The molecule has 41 heavy (non-hydrogen) atoms. The number of aromatic nitrogens is 1. The van der Waals surface area contributed by atoms with E-state index in [1.54, 1.807) is 56.5 Å². The van der Waals surface area contributed by atoms with Gasteiger partial charge in [0.15, 0.2) is 18.1 Å². The van der Waals surface area contributed by atoms with Crippen LogP contribution in [0.25, 0.3) is 0 Å². The number of carboxylic acids is 1. The molecule has 12 nitrogen and oxygen atoms in total. The molecule has 0 spiro atoms. The number of hydrogen-bond acceptors (Lipinski definition) is 10. The minimum absolute atomic E-state index is 0.275. The van der Waals surface area contributed by atoms with Crippen molar-refractivity contribution in [2.75, 3.05) is 32.2 Å². The number of ether oxygens (including phenoxy) is 3. The Kier molecular flexibility index (Phi) is 8.03. The van der Waals surface area contributed by atoms with Gasteiger partial charge in [0.1, 0.15) is 17.5 Å². The molecular formula is C27H25N3O9S2. The number of imide groups is 1. The lowest BCUT2D eigenvalue weighted by Gasteiger charge is -2.30. The summed E-state index contributed by atoms with van der Waals surface area (Å²) in [5, 5.41) is 11.6. The smallest absolute Gasteiger partial charge is 0.323 e. The van der Waals surface area contributed by atoms with E-state index >= 15 is 0 Å². The Hall–Kier alpha value is -4.30. The van der Waals surface area contributed by atoms with Crippen LogP contribution < -0.4 is 24.4 Å². The number of anilines is 1. The average Bonchev–Trinajstić information content (AvgIpc) is 3.43. The van der Waals surface area contributed by atoms with Crippen LogP contribution >= 0.6 is 23.1 Å². The number of rotatable bonds is 10. The van der Waals surface area contributed by atoms with Crippen molar-refractivity contribution in [1.29, 1.82) is 0 Å². The summed E-state index contributed by atoms with van der Waals surface area (Å²) in [5.41, 5.74) is 1.15. The molecule has 3 N–H and O–H groups in total. The van der Waals surface area contributed by atoms with Gasteiger partial charge < -0.3 is 29.6 Å². The SMILES string of the molecule is CCOc1cc([C@@H]2c3sc(=O)[nH]c3SC3C(=O)N(CC(=O)O)C(=O)C32)ccc1OCC(=O)Nc1ccc(OC)cc1. The highest BCUT2D eigenvalue weighted by atomic mass is 32.2. The second-order valence-corrected chi connectivity index (χ2v) is 11.3. The molecule has 3 atom stereocenters. The van der Waals surface area contributed by atoms with E-state index in [4.69, 9.17) is 14.2 Å². The summed E-state index contributed by atoms with van der Waals surface area (Å²) in [6.45, 7) is 1.00. The molecule has 0 saturated carbocycles. The minimum Gasteiger partial charge on any atom is -0.497 e. The van der Waals surface area contributed by atoms with Crippen LogP contribution in [0.3, 0.4) is 0 Å². The summed E-state index contributed by atoms with van der Waals surface area (Å²) in [7, 11) is 1.55. The van der Waals surface area contributed by atoms with Gasteiger partial charge in [0, 0.05) is 16.5 Å².